The summed E-state index contributed by atoms with van der Waals surface area (Å²) in [6.07, 6.45) is 1.85. The lowest BCUT2D eigenvalue weighted by molar-refractivity contribution is 0.348. The first-order valence-corrected chi connectivity index (χ1v) is 8.04. The first kappa shape index (κ1) is 16.3. The van der Waals surface area contributed by atoms with Gasteiger partial charge < -0.3 is 10.1 Å². The Morgan fingerprint density at radius 2 is 1.86 bits per heavy atom. The van der Waals surface area contributed by atoms with Crippen LogP contribution in [-0.4, -0.2) is 23.4 Å². The summed E-state index contributed by atoms with van der Waals surface area (Å²) in [4.78, 5) is 0. The van der Waals surface area contributed by atoms with Gasteiger partial charge in [0.1, 0.15) is 0 Å². The molecule has 1 aliphatic rings. The number of ether oxygens (including phenoxy) is 1. The van der Waals surface area contributed by atoms with Crippen molar-refractivity contribution >= 4 is 0 Å². The fourth-order valence-electron chi connectivity index (χ4n) is 3.89. The summed E-state index contributed by atoms with van der Waals surface area (Å²) in [5.74, 6) is 1.47. The zero-order valence-corrected chi connectivity index (χ0v) is 14.8. The maximum absolute atomic E-state index is 5.59. The molecular weight excluding hydrogens is 262 g/mol. The molecule has 1 aliphatic carbocycles. The van der Waals surface area contributed by atoms with Gasteiger partial charge in [-0.15, -0.1) is 0 Å². The van der Waals surface area contributed by atoms with Crippen LogP contribution in [0.15, 0.2) is 6.20 Å². The summed E-state index contributed by atoms with van der Waals surface area (Å²) < 4.78 is 7.70. The van der Waals surface area contributed by atoms with Gasteiger partial charge in [-0.3, -0.25) is 4.68 Å². The van der Waals surface area contributed by atoms with E-state index in [1.807, 2.05) is 6.20 Å². The molecule has 0 amide bonds. The minimum Gasteiger partial charge on any atom is -0.493 e. The fraction of sp³-hybridized carbons (Fsp3) is 0.824. The number of hydrogen-bond acceptors (Lipinski definition) is 3. The minimum absolute atomic E-state index is 0.278. The third-order valence-corrected chi connectivity index (χ3v) is 5.69. The van der Waals surface area contributed by atoms with E-state index in [1.54, 1.807) is 7.11 Å². The van der Waals surface area contributed by atoms with E-state index in [0.717, 1.165) is 12.3 Å². The molecule has 0 aromatic carbocycles. The standard InChI is InChI=1S/C17H31N3O/c1-9-18-13(15-16(4,5)17(15,6)7)14-12(21-8)10-19-20(14)11(2)3/h10-11,13,15,18H,9H2,1-8H3. The Balaban J connectivity index is 2.47. The van der Waals surface area contributed by atoms with Gasteiger partial charge >= 0.3 is 0 Å². The van der Waals surface area contributed by atoms with E-state index in [2.05, 4.69) is 63.6 Å². The Morgan fingerprint density at radius 3 is 2.24 bits per heavy atom. The molecule has 1 N–H and O–H groups in total. The predicted octanol–water partition coefficient (Wildman–Crippen LogP) is 3.81. The number of nitrogens with one attached hydrogen (secondary N) is 1. The summed E-state index contributed by atoms with van der Waals surface area (Å²) in [6, 6.07) is 0.606. The average molecular weight is 293 g/mol. The molecule has 1 aromatic rings. The van der Waals surface area contributed by atoms with Gasteiger partial charge in [0.2, 0.25) is 0 Å². The highest BCUT2D eigenvalue weighted by atomic mass is 16.5. The quantitative estimate of drug-likeness (QED) is 0.867. The molecule has 0 spiro atoms. The van der Waals surface area contributed by atoms with Crippen LogP contribution in [0.4, 0.5) is 0 Å². The van der Waals surface area contributed by atoms with Gasteiger partial charge in [-0.1, -0.05) is 34.6 Å². The molecule has 1 unspecified atom stereocenters. The van der Waals surface area contributed by atoms with Gasteiger partial charge in [0, 0.05) is 6.04 Å². The number of methoxy groups -OCH3 is 1. The Hall–Kier alpha value is -1.03. The molecule has 0 radical (unpaired) electrons. The first-order chi connectivity index (χ1) is 9.70. The third kappa shape index (κ3) is 2.37. The second kappa shape index (κ2) is 5.31. The molecule has 1 atom stereocenters. The van der Waals surface area contributed by atoms with Crippen LogP contribution < -0.4 is 10.1 Å². The van der Waals surface area contributed by atoms with Crippen molar-refractivity contribution in [3.63, 3.8) is 0 Å². The van der Waals surface area contributed by atoms with E-state index in [1.165, 1.54) is 5.69 Å². The van der Waals surface area contributed by atoms with Crippen LogP contribution >= 0.6 is 0 Å². The van der Waals surface area contributed by atoms with Crippen molar-refractivity contribution in [3.05, 3.63) is 11.9 Å². The number of nitrogens with zero attached hydrogens (tertiary/aromatic N) is 2. The topological polar surface area (TPSA) is 39.1 Å². The molecule has 120 valence electrons. The molecule has 0 aliphatic heterocycles. The van der Waals surface area contributed by atoms with Crippen LogP contribution in [0.3, 0.4) is 0 Å². The largest absolute Gasteiger partial charge is 0.493 e. The van der Waals surface area contributed by atoms with E-state index in [-0.39, 0.29) is 6.04 Å². The fourth-order valence-corrected chi connectivity index (χ4v) is 3.89. The van der Waals surface area contributed by atoms with Crippen LogP contribution in [0.2, 0.25) is 0 Å². The second-order valence-electron chi connectivity index (χ2n) is 7.59. The molecule has 1 aromatic heterocycles. The molecule has 2 rings (SSSR count). The van der Waals surface area contributed by atoms with E-state index in [0.29, 0.717) is 22.8 Å². The lowest BCUT2D eigenvalue weighted by Gasteiger charge is -2.24. The number of rotatable bonds is 6. The van der Waals surface area contributed by atoms with Crippen molar-refractivity contribution in [2.45, 2.75) is 60.5 Å². The summed E-state index contributed by atoms with van der Waals surface area (Å²) in [6.45, 7) is 16.9. The Kier molecular flexibility index (Phi) is 4.13. The minimum atomic E-state index is 0.278. The zero-order chi connectivity index (χ0) is 16.0. The molecule has 4 heteroatoms. The van der Waals surface area contributed by atoms with Crippen LogP contribution in [0.25, 0.3) is 0 Å². The third-order valence-electron chi connectivity index (χ3n) is 5.69. The average Bonchev–Trinajstić information content (AvgIpc) is 2.74. The van der Waals surface area contributed by atoms with E-state index in [9.17, 15) is 0 Å². The van der Waals surface area contributed by atoms with Crippen molar-refractivity contribution in [2.24, 2.45) is 16.7 Å². The van der Waals surface area contributed by atoms with Crippen molar-refractivity contribution in [1.29, 1.82) is 0 Å². The van der Waals surface area contributed by atoms with Gasteiger partial charge in [-0.2, -0.15) is 5.10 Å². The van der Waals surface area contributed by atoms with E-state index >= 15 is 0 Å². The van der Waals surface area contributed by atoms with Gasteiger partial charge in [0.25, 0.3) is 0 Å². The highest BCUT2D eigenvalue weighted by molar-refractivity contribution is 5.33. The van der Waals surface area contributed by atoms with Crippen molar-refractivity contribution in [1.82, 2.24) is 15.1 Å². The zero-order valence-electron chi connectivity index (χ0n) is 14.8. The normalized spacial score (nSPS) is 21.6. The molecule has 0 saturated heterocycles. The number of aromatic nitrogens is 2. The van der Waals surface area contributed by atoms with Crippen molar-refractivity contribution < 1.29 is 4.74 Å². The maximum Gasteiger partial charge on any atom is 0.161 e. The van der Waals surface area contributed by atoms with Crippen LogP contribution in [0.1, 0.15) is 66.2 Å². The smallest absolute Gasteiger partial charge is 0.161 e. The molecule has 1 fully saturated rings. The number of hydrogen-bond donors (Lipinski definition) is 1. The summed E-state index contributed by atoms with van der Waals surface area (Å²) in [5.41, 5.74) is 1.83. The summed E-state index contributed by atoms with van der Waals surface area (Å²) in [7, 11) is 1.73. The lowest BCUT2D eigenvalue weighted by Crippen LogP contribution is -2.28. The SMILES string of the molecule is CCNC(c1c(OC)cnn1C(C)C)C1C(C)(C)C1(C)C. The lowest BCUT2D eigenvalue weighted by atomic mass is 10.00. The predicted molar refractivity (Wildman–Crippen MR) is 86.6 cm³/mol. The summed E-state index contributed by atoms with van der Waals surface area (Å²) in [5, 5.41) is 8.23. The van der Waals surface area contributed by atoms with Gasteiger partial charge in [-0.25, -0.2) is 0 Å². The van der Waals surface area contributed by atoms with Crippen molar-refractivity contribution in [2.75, 3.05) is 13.7 Å². The highest BCUT2D eigenvalue weighted by Gasteiger charge is 2.67. The van der Waals surface area contributed by atoms with Crippen LogP contribution in [0, 0.1) is 16.7 Å². The Morgan fingerprint density at radius 1 is 1.29 bits per heavy atom. The molecule has 4 nitrogen and oxygen atoms in total. The monoisotopic (exact) mass is 293 g/mol. The van der Waals surface area contributed by atoms with Gasteiger partial charge in [0.15, 0.2) is 5.75 Å². The molecular formula is C17H31N3O. The molecule has 21 heavy (non-hydrogen) atoms. The summed E-state index contributed by atoms with van der Waals surface area (Å²) >= 11 is 0. The first-order valence-electron chi connectivity index (χ1n) is 8.04. The molecule has 1 saturated carbocycles. The van der Waals surface area contributed by atoms with Gasteiger partial charge in [0.05, 0.1) is 25.0 Å². The molecule has 1 heterocycles. The van der Waals surface area contributed by atoms with Crippen LogP contribution in [-0.2, 0) is 0 Å². The van der Waals surface area contributed by atoms with E-state index in [4.69, 9.17) is 4.74 Å². The van der Waals surface area contributed by atoms with Crippen molar-refractivity contribution in [3.8, 4) is 5.75 Å². The molecule has 0 bridgehead atoms. The Bertz CT molecular complexity index is 488. The second-order valence-corrected chi connectivity index (χ2v) is 7.59. The van der Waals surface area contributed by atoms with E-state index < -0.39 is 0 Å². The maximum atomic E-state index is 5.59. The highest BCUT2D eigenvalue weighted by Crippen LogP contribution is 2.72. The van der Waals surface area contributed by atoms with Crippen LogP contribution in [0.5, 0.6) is 5.75 Å². The Labute approximate surface area is 129 Å². The van der Waals surface area contributed by atoms with Gasteiger partial charge in [-0.05, 0) is 37.1 Å².